The summed E-state index contributed by atoms with van der Waals surface area (Å²) in [4.78, 5) is 12.7. The minimum atomic E-state index is 0. The van der Waals surface area contributed by atoms with Crippen molar-refractivity contribution >= 4 is 18.3 Å². The molecule has 0 radical (unpaired) electrons. The molecule has 1 amide bonds. The van der Waals surface area contributed by atoms with E-state index in [9.17, 15) is 4.79 Å². The van der Waals surface area contributed by atoms with E-state index in [1.165, 1.54) is 25.7 Å². The zero-order valence-corrected chi connectivity index (χ0v) is 14.3. The number of amides is 1. The summed E-state index contributed by atoms with van der Waals surface area (Å²) in [7, 11) is 0. The van der Waals surface area contributed by atoms with Crippen LogP contribution in [0.15, 0.2) is 0 Å². The summed E-state index contributed by atoms with van der Waals surface area (Å²) >= 11 is 0. The van der Waals surface area contributed by atoms with Crippen LogP contribution in [0.4, 0.5) is 0 Å². The molecule has 2 aliphatic carbocycles. The Hall–Kier alpha value is -0.320. The molecular weight excluding hydrogens is 300 g/mol. The van der Waals surface area contributed by atoms with E-state index in [2.05, 4.69) is 17.6 Å². The third kappa shape index (κ3) is 2.47. The normalized spacial score (nSPS) is 42.3. The first-order chi connectivity index (χ1) is 10.2. The molecule has 5 heteroatoms. The molecule has 0 aromatic carbocycles. The van der Waals surface area contributed by atoms with E-state index in [1.807, 2.05) is 0 Å². The van der Waals surface area contributed by atoms with Gasteiger partial charge in [-0.25, -0.2) is 0 Å². The number of nitrogens with one attached hydrogen (secondary N) is 2. The third-order valence-corrected chi connectivity index (χ3v) is 6.58. The van der Waals surface area contributed by atoms with E-state index < -0.39 is 0 Å². The third-order valence-electron chi connectivity index (χ3n) is 6.58. The van der Waals surface area contributed by atoms with Crippen LogP contribution in [-0.2, 0) is 9.53 Å². The van der Waals surface area contributed by atoms with Crippen LogP contribution in [0.3, 0.4) is 0 Å². The number of carbonyl (C=O) groups excluding carboxylic acids is 1. The van der Waals surface area contributed by atoms with Crippen LogP contribution >= 0.6 is 12.4 Å². The highest BCUT2D eigenvalue weighted by Crippen LogP contribution is 2.60. The molecule has 0 aromatic heterocycles. The number of hydrogen-bond acceptors (Lipinski definition) is 3. The Morgan fingerprint density at radius 2 is 2.05 bits per heavy atom. The van der Waals surface area contributed by atoms with Crippen molar-refractivity contribution in [3.05, 3.63) is 0 Å². The average molecular weight is 329 g/mol. The van der Waals surface area contributed by atoms with Crippen LogP contribution in [-0.4, -0.2) is 37.2 Å². The van der Waals surface area contributed by atoms with Gasteiger partial charge >= 0.3 is 0 Å². The van der Waals surface area contributed by atoms with Gasteiger partial charge in [0, 0.05) is 35.9 Å². The Morgan fingerprint density at radius 3 is 2.77 bits per heavy atom. The smallest absolute Gasteiger partial charge is 0.223 e. The standard InChI is InChI=1S/C17H28N2O2.ClH/c1-11-10-12(4-8-18-11)16(20)19-14-13-5-9-21-15(13)17(14)6-2-3-7-17;/h11-15,18H,2-10H2,1H3,(H,19,20);1H/t11-,12-,13?,14?,15?;/m0./s1. The van der Waals surface area contributed by atoms with Crippen molar-refractivity contribution in [3.63, 3.8) is 0 Å². The van der Waals surface area contributed by atoms with Gasteiger partial charge < -0.3 is 15.4 Å². The maximum absolute atomic E-state index is 12.7. The molecular formula is C17H29ClN2O2. The first-order valence-electron chi connectivity index (χ1n) is 8.86. The van der Waals surface area contributed by atoms with Gasteiger partial charge in [0.05, 0.1) is 6.10 Å². The highest BCUT2D eigenvalue weighted by Gasteiger charge is 2.65. The molecule has 2 N–H and O–H groups in total. The van der Waals surface area contributed by atoms with Gasteiger partial charge in [-0.3, -0.25) is 4.79 Å². The molecule has 2 heterocycles. The fraction of sp³-hybridized carbons (Fsp3) is 0.941. The average Bonchev–Trinajstić information content (AvgIpc) is 3.12. The van der Waals surface area contributed by atoms with Gasteiger partial charge in [-0.2, -0.15) is 0 Å². The number of piperidine rings is 1. The Morgan fingerprint density at radius 1 is 1.27 bits per heavy atom. The second-order valence-electron chi connectivity index (χ2n) is 7.75. The summed E-state index contributed by atoms with van der Waals surface area (Å²) < 4.78 is 6.00. The van der Waals surface area contributed by atoms with Crippen LogP contribution < -0.4 is 10.6 Å². The van der Waals surface area contributed by atoms with Gasteiger partial charge in [-0.15, -0.1) is 12.4 Å². The molecule has 4 nitrogen and oxygen atoms in total. The van der Waals surface area contributed by atoms with E-state index in [0.717, 1.165) is 32.4 Å². The molecule has 5 atom stereocenters. The second kappa shape index (κ2) is 6.29. The van der Waals surface area contributed by atoms with E-state index >= 15 is 0 Å². The van der Waals surface area contributed by atoms with Crippen LogP contribution in [0.5, 0.6) is 0 Å². The molecule has 4 aliphatic rings. The number of carbonyl (C=O) groups is 1. The Balaban J connectivity index is 0.00000144. The molecule has 2 saturated carbocycles. The van der Waals surface area contributed by atoms with Crippen molar-refractivity contribution in [2.45, 2.75) is 70.1 Å². The topological polar surface area (TPSA) is 50.4 Å². The van der Waals surface area contributed by atoms with Crippen LogP contribution in [0.2, 0.25) is 0 Å². The summed E-state index contributed by atoms with van der Waals surface area (Å²) in [5, 5.41) is 6.90. The maximum atomic E-state index is 12.7. The van der Waals surface area contributed by atoms with Crippen LogP contribution in [0.25, 0.3) is 0 Å². The molecule has 0 aromatic rings. The Bertz CT molecular complexity index is 425. The fourth-order valence-electron chi connectivity index (χ4n) is 5.55. The highest BCUT2D eigenvalue weighted by molar-refractivity contribution is 5.85. The molecule has 1 spiro atoms. The molecule has 4 rings (SSSR count). The Labute approximate surface area is 139 Å². The lowest BCUT2D eigenvalue weighted by molar-refractivity contribution is -0.148. The lowest BCUT2D eigenvalue weighted by Crippen LogP contribution is -2.68. The molecule has 126 valence electrons. The SMILES string of the molecule is C[C@H]1C[C@@H](C(=O)NC2C3CCOC3C23CCCC3)CCN1.Cl. The fourth-order valence-corrected chi connectivity index (χ4v) is 5.55. The van der Waals surface area contributed by atoms with E-state index in [4.69, 9.17) is 4.74 Å². The lowest BCUT2D eigenvalue weighted by atomic mass is 9.54. The predicted octanol–water partition coefficient (Wildman–Crippen LogP) is 2.26. The highest BCUT2D eigenvalue weighted by atomic mass is 35.5. The monoisotopic (exact) mass is 328 g/mol. The van der Waals surface area contributed by atoms with Gasteiger partial charge in [0.2, 0.25) is 5.91 Å². The number of fused-ring (bicyclic) bond motifs is 2. The van der Waals surface area contributed by atoms with E-state index in [1.54, 1.807) is 0 Å². The largest absolute Gasteiger partial charge is 0.377 e. The van der Waals surface area contributed by atoms with Crippen molar-refractivity contribution in [2.24, 2.45) is 17.3 Å². The zero-order chi connectivity index (χ0) is 14.4. The molecule has 3 unspecified atom stereocenters. The molecule has 4 fully saturated rings. The summed E-state index contributed by atoms with van der Waals surface area (Å²) in [6.07, 6.45) is 8.67. The molecule has 22 heavy (non-hydrogen) atoms. The lowest BCUT2D eigenvalue weighted by Gasteiger charge is -2.57. The minimum absolute atomic E-state index is 0. The van der Waals surface area contributed by atoms with Gasteiger partial charge in [0.1, 0.15) is 0 Å². The number of rotatable bonds is 2. The minimum Gasteiger partial charge on any atom is -0.377 e. The van der Waals surface area contributed by atoms with Gasteiger partial charge in [0.25, 0.3) is 0 Å². The summed E-state index contributed by atoms with van der Waals surface area (Å²) in [6, 6.07) is 0.865. The number of halogens is 1. The van der Waals surface area contributed by atoms with E-state index in [0.29, 0.717) is 30.0 Å². The first kappa shape index (κ1) is 16.5. The summed E-state index contributed by atoms with van der Waals surface area (Å²) in [5.41, 5.74) is 0.287. The van der Waals surface area contributed by atoms with Gasteiger partial charge in [0.15, 0.2) is 0 Å². The van der Waals surface area contributed by atoms with Crippen LogP contribution in [0, 0.1) is 17.3 Å². The molecule has 0 bridgehead atoms. The first-order valence-corrected chi connectivity index (χ1v) is 8.86. The van der Waals surface area contributed by atoms with E-state index in [-0.39, 0.29) is 23.7 Å². The van der Waals surface area contributed by atoms with Gasteiger partial charge in [-0.1, -0.05) is 12.8 Å². The maximum Gasteiger partial charge on any atom is 0.223 e. The van der Waals surface area contributed by atoms with Crippen molar-refractivity contribution in [1.29, 1.82) is 0 Å². The van der Waals surface area contributed by atoms with Crippen molar-refractivity contribution < 1.29 is 9.53 Å². The molecule has 2 saturated heterocycles. The quantitative estimate of drug-likeness (QED) is 0.817. The number of ether oxygens (including phenoxy) is 1. The van der Waals surface area contributed by atoms with Crippen molar-refractivity contribution in [1.82, 2.24) is 10.6 Å². The predicted molar refractivity (Wildman–Crippen MR) is 88.1 cm³/mol. The molecule has 2 aliphatic heterocycles. The Kier molecular flexibility index (Phi) is 4.73. The number of hydrogen-bond donors (Lipinski definition) is 2. The second-order valence-corrected chi connectivity index (χ2v) is 7.75. The van der Waals surface area contributed by atoms with Crippen molar-refractivity contribution in [3.8, 4) is 0 Å². The zero-order valence-electron chi connectivity index (χ0n) is 13.5. The van der Waals surface area contributed by atoms with Crippen molar-refractivity contribution in [2.75, 3.05) is 13.2 Å². The summed E-state index contributed by atoms with van der Waals surface area (Å²) in [5.74, 6) is 1.11. The summed E-state index contributed by atoms with van der Waals surface area (Å²) in [6.45, 7) is 4.06. The van der Waals surface area contributed by atoms with Crippen LogP contribution in [0.1, 0.15) is 51.9 Å². The van der Waals surface area contributed by atoms with Gasteiger partial charge in [-0.05, 0) is 45.6 Å².